The van der Waals surface area contributed by atoms with Crippen molar-refractivity contribution >= 4 is 16.2 Å². The SMILES string of the molecule is CC=CC(=O)OCCCC1([SiH3])CCCCO1. The molecule has 4 heteroatoms. The molecule has 1 unspecified atom stereocenters. The van der Waals surface area contributed by atoms with Crippen LogP contribution in [0.3, 0.4) is 0 Å². The number of carbonyl (C=O) groups excluding carboxylic acids is 1. The summed E-state index contributed by atoms with van der Waals surface area (Å²) in [6, 6.07) is 0. The molecule has 0 aromatic rings. The fourth-order valence-electron chi connectivity index (χ4n) is 1.99. The first-order valence-corrected chi connectivity index (χ1v) is 7.10. The normalized spacial score (nSPS) is 26.1. The minimum absolute atomic E-state index is 0.144. The first-order valence-electron chi connectivity index (χ1n) is 6.10. The van der Waals surface area contributed by atoms with E-state index < -0.39 is 0 Å². The van der Waals surface area contributed by atoms with Crippen LogP contribution in [-0.4, -0.2) is 34.6 Å². The Hall–Kier alpha value is -0.613. The second kappa shape index (κ2) is 6.86. The molecule has 1 fully saturated rings. The summed E-state index contributed by atoms with van der Waals surface area (Å²) >= 11 is 0. The van der Waals surface area contributed by atoms with Crippen molar-refractivity contribution in [1.82, 2.24) is 0 Å². The maximum absolute atomic E-state index is 11.0. The van der Waals surface area contributed by atoms with E-state index in [-0.39, 0.29) is 11.2 Å². The highest BCUT2D eigenvalue weighted by molar-refractivity contribution is 6.14. The number of hydrogen-bond acceptors (Lipinski definition) is 3. The third-order valence-electron chi connectivity index (χ3n) is 2.95. The average Bonchev–Trinajstić information content (AvgIpc) is 2.26. The van der Waals surface area contributed by atoms with Gasteiger partial charge in [0.15, 0.2) is 0 Å². The summed E-state index contributed by atoms with van der Waals surface area (Å²) in [6.45, 7) is 3.22. The molecule has 0 saturated carbocycles. The van der Waals surface area contributed by atoms with Crippen LogP contribution in [0.1, 0.15) is 39.0 Å². The Morgan fingerprint density at radius 1 is 1.56 bits per heavy atom. The zero-order chi connectivity index (χ0) is 11.9. The molecule has 1 rings (SSSR count). The van der Waals surface area contributed by atoms with Crippen molar-refractivity contribution in [2.24, 2.45) is 0 Å². The molecule has 1 atom stereocenters. The van der Waals surface area contributed by atoms with Crippen molar-refractivity contribution in [2.45, 2.75) is 44.3 Å². The van der Waals surface area contributed by atoms with Crippen LogP contribution in [0.5, 0.6) is 0 Å². The molecule has 0 N–H and O–H groups in total. The van der Waals surface area contributed by atoms with E-state index in [2.05, 4.69) is 0 Å². The molecule has 0 radical (unpaired) electrons. The Balaban J connectivity index is 2.12. The van der Waals surface area contributed by atoms with Crippen LogP contribution in [0.2, 0.25) is 0 Å². The van der Waals surface area contributed by atoms with Gasteiger partial charge in [0, 0.05) is 28.1 Å². The fraction of sp³-hybridized carbons (Fsp3) is 0.750. The van der Waals surface area contributed by atoms with Crippen LogP contribution >= 0.6 is 0 Å². The lowest BCUT2D eigenvalue weighted by molar-refractivity contribution is -0.138. The van der Waals surface area contributed by atoms with Crippen LogP contribution in [0.15, 0.2) is 12.2 Å². The van der Waals surface area contributed by atoms with Crippen LogP contribution in [0.4, 0.5) is 0 Å². The summed E-state index contributed by atoms with van der Waals surface area (Å²) < 4.78 is 10.9. The number of hydrogen-bond donors (Lipinski definition) is 0. The van der Waals surface area contributed by atoms with Crippen LogP contribution in [-0.2, 0) is 14.3 Å². The van der Waals surface area contributed by atoms with Gasteiger partial charge in [0.25, 0.3) is 0 Å². The molecule has 3 nitrogen and oxygen atoms in total. The lowest BCUT2D eigenvalue weighted by Gasteiger charge is -2.34. The first-order chi connectivity index (χ1) is 7.66. The summed E-state index contributed by atoms with van der Waals surface area (Å²) in [5.74, 6) is -0.241. The average molecular weight is 242 g/mol. The van der Waals surface area contributed by atoms with Gasteiger partial charge in [-0.1, -0.05) is 6.08 Å². The van der Waals surface area contributed by atoms with Gasteiger partial charge < -0.3 is 9.47 Å². The summed E-state index contributed by atoms with van der Waals surface area (Å²) in [5.41, 5.74) is 0. The molecular formula is C12H22O3Si. The Bertz CT molecular complexity index is 245. The van der Waals surface area contributed by atoms with Crippen molar-refractivity contribution in [1.29, 1.82) is 0 Å². The van der Waals surface area contributed by atoms with Crippen molar-refractivity contribution in [2.75, 3.05) is 13.2 Å². The first kappa shape index (κ1) is 13.5. The minimum atomic E-state index is -0.241. The van der Waals surface area contributed by atoms with E-state index in [0.29, 0.717) is 6.61 Å². The van der Waals surface area contributed by atoms with Gasteiger partial charge in [0.05, 0.1) is 6.61 Å². The van der Waals surface area contributed by atoms with Crippen LogP contribution < -0.4 is 0 Å². The Morgan fingerprint density at radius 2 is 2.38 bits per heavy atom. The number of allylic oxidation sites excluding steroid dienone is 1. The molecule has 1 aliphatic heterocycles. The smallest absolute Gasteiger partial charge is 0.330 e. The lowest BCUT2D eigenvalue weighted by atomic mass is 10.0. The van der Waals surface area contributed by atoms with E-state index in [9.17, 15) is 4.79 Å². The number of carbonyl (C=O) groups is 1. The summed E-state index contributed by atoms with van der Waals surface area (Å²) in [6.07, 6.45) is 8.74. The summed E-state index contributed by atoms with van der Waals surface area (Å²) in [5, 5.41) is 0.144. The van der Waals surface area contributed by atoms with Crippen molar-refractivity contribution in [3.63, 3.8) is 0 Å². The molecule has 0 aliphatic carbocycles. The van der Waals surface area contributed by atoms with E-state index in [4.69, 9.17) is 9.47 Å². The van der Waals surface area contributed by atoms with Crippen molar-refractivity contribution < 1.29 is 14.3 Å². The van der Waals surface area contributed by atoms with Gasteiger partial charge in [-0.15, -0.1) is 0 Å². The zero-order valence-corrected chi connectivity index (χ0v) is 12.3. The Morgan fingerprint density at radius 3 is 3.00 bits per heavy atom. The van der Waals surface area contributed by atoms with E-state index in [1.54, 1.807) is 6.08 Å². The molecule has 0 spiro atoms. The van der Waals surface area contributed by atoms with Gasteiger partial charge in [-0.25, -0.2) is 4.79 Å². The molecule has 0 bridgehead atoms. The van der Waals surface area contributed by atoms with Crippen LogP contribution in [0.25, 0.3) is 0 Å². The third kappa shape index (κ3) is 4.94. The summed E-state index contributed by atoms with van der Waals surface area (Å²) in [4.78, 5) is 11.0. The number of esters is 1. The molecule has 1 aliphatic rings. The molecule has 0 amide bonds. The summed E-state index contributed by atoms with van der Waals surface area (Å²) in [7, 11) is 1.07. The molecule has 92 valence electrons. The minimum Gasteiger partial charge on any atom is -0.463 e. The zero-order valence-electron chi connectivity index (χ0n) is 10.3. The van der Waals surface area contributed by atoms with Gasteiger partial charge >= 0.3 is 5.97 Å². The highest BCUT2D eigenvalue weighted by atomic mass is 28.1. The quantitative estimate of drug-likeness (QED) is 0.314. The van der Waals surface area contributed by atoms with Crippen molar-refractivity contribution in [3.05, 3.63) is 12.2 Å². The largest absolute Gasteiger partial charge is 0.463 e. The molecule has 0 aromatic carbocycles. The molecule has 16 heavy (non-hydrogen) atoms. The van der Waals surface area contributed by atoms with Gasteiger partial charge in [-0.3, -0.25) is 0 Å². The lowest BCUT2D eigenvalue weighted by Crippen LogP contribution is -2.37. The monoisotopic (exact) mass is 242 g/mol. The number of ether oxygens (including phenoxy) is 2. The second-order valence-electron chi connectivity index (χ2n) is 4.53. The van der Waals surface area contributed by atoms with Gasteiger partial charge in [-0.05, 0) is 39.0 Å². The van der Waals surface area contributed by atoms with Gasteiger partial charge in [0.1, 0.15) is 0 Å². The number of rotatable bonds is 5. The predicted molar refractivity (Wildman–Crippen MR) is 67.5 cm³/mol. The van der Waals surface area contributed by atoms with Gasteiger partial charge in [-0.2, -0.15) is 0 Å². The van der Waals surface area contributed by atoms with E-state index in [1.165, 1.54) is 25.3 Å². The second-order valence-corrected chi connectivity index (χ2v) is 6.35. The molecule has 1 heterocycles. The highest BCUT2D eigenvalue weighted by Crippen LogP contribution is 2.26. The Kier molecular flexibility index (Phi) is 5.77. The maximum Gasteiger partial charge on any atom is 0.330 e. The van der Waals surface area contributed by atoms with E-state index >= 15 is 0 Å². The van der Waals surface area contributed by atoms with E-state index in [1.807, 2.05) is 6.92 Å². The van der Waals surface area contributed by atoms with Crippen molar-refractivity contribution in [3.8, 4) is 0 Å². The topological polar surface area (TPSA) is 35.5 Å². The molecule has 0 aromatic heterocycles. The molecular weight excluding hydrogens is 220 g/mol. The predicted octanol–water partition coefficient (Wildman–Crippen LogP) is 1.15. The van der Waals surface area contributed by atoms with E-state index in [0.717, 1.165) is 29.7 Å². The van der Waals surface area contributed by atoms with Gasteiger partial charge in [0.2, 0.25) is 0 Å². The fourth-order valence-corrected chi connectivity index (χ4v) is 2.90. The standard InChI is InChI=1S/C12H22O3Si/c1-2-6-11(13)14-9-5-8-12(16)7-3-4-10-15-12/h2,6H,3-5,7-10H2,1,16H3. The third-order valence-corrected chi connectivity index (χ3v) is 4.24. The highest BCUT2D eigenvalue weighted by Gasteiger charge is 2.26. The Labute approximate surface area is 101 Å². The maximum atomic E-state index is 11.0. The molecule has 1 saturated heterocycles. The van der Waals surface area contributed by atoms with Crippen LogP contribution in [0, 0.1) is 0 Å².